The van der Waals surface area contributed by atoms with Crippen molar-refractivity contribution in [2.45, 2.75) is 38.9 Å². The highest BCUT2D eigenvalue weighted by atomic mass is 28.4. The fourth-order valence-corrected chi connectivity index (χ4v) is 3.26. The van der Waals surface area contributed by atoms with E-state index in [-0.39, 0.29) is 17.2 Å². The molecule has 0 bridgehead atoms. The monoisotopic (exact) mass is 389 g/mol. The predicted octanol–water partition coefficient (Wildman–Crippen LogP) is 4.46. The van der Waals surface area contributed by atoms with Gasteiger partial charge in [0.25, 0.3) is 0 Å². The van der Waals surface area contributed by atoms with Gasteiger partial charge in [0.05, 0.1) is 19.2 Å². The van der Waals surface area contributed by atoms with Crippen molar-refractivity contribution in [2.24, 2.45) is 0 Å². The van der Waals surface area contributed by atoms with Crippen molar-refractivity contribution in [3.05, 3.63) is 53.9 Å². The lowest BCUT2D eigenvalue weighted by atomic mass is 10.2. The van der Waals surface area contributed by atoms with Gasteiger partial charge in [0, 0.05) is 6.20 Å². The van der Waals surface area contributed by atoms with E-state index in [2.05, 4.69) is 33.9 Å². The summed E-state index contributed by atoms with van der Waals surface area (Å²) in [4.78, 5) is 25.9. The van der Waals surface area contributed by atoms with Crippen LogP contribution in [0.25, 0.3) is 0 Å². The van der Waals surface area contributed by atoms with Gasteiger partial charge in [-0.15, -0.1) is 0 Å². The molecule has 1 aliphatic heterocycles. The van der Waals surface area contributed by atoms with Gasteiger partial charge in [-0.25, -0.2) is 9.59 Å². The predicted molar refractivity (Wildman–Crippen MR) is 106 cm³/mol. The molecule has 1 aromatic carbocycles. The van der Waals surface area contributed by atoms with Gasteiger partial charge < -0.3 is 13.9 Å². The number of benzene rings is 1. The van der Waals surface area contributed by atoms with Crippen molar-refractivity contribution >= 4 is 20.4 Å². The number of rotatable bonds is 4. The molecule has 0 aliphatic carbocycles. The lowest BCUT2D eigenvalue weighted by molar-refractivity contribution is -0.135. The van der Waals surface area contributed by atoms with Crippen LogP contribution in [0.1, 0.15) is 20.8 Å². The molecule has 7 heteroatoms. The highest BCUT2D eigenvalue weighted by Gasteiger charge is 2.40. The van der Waals surface area contributed by atoms with Gasteiger partial charge in [0.1, 0.15) is 11.5 Å². The summed E-state index contributed by atoms with van der Waals surface area (Å²) in [6.45, 7) is 10.8. The van der Waals surface area contributed by atoms with Crippen molar-refractivity contribution in [3.8, 4) is 5.75 Å². The van der Waals surface area contributed by atoms with E-state index in [1.165, 1.54) is 18.2 Å². The number of para-hydroxylation sites is 1. The van der Waals surface area contributed by atoms with E-state index in [9.17, 15) is 9.59 Å². The zero-order valence-corrected chi connectivity index (χ0v) is 17.7. The van der Waals surface area contributed by atoms with E-state index in [1.54, 1.807) is 30.3 Å². The van der Waals surface area contributed by atoms with Crippen LogP contribution in [0.15, 0.2) is 53.9 Å². The van der Waals surface area contributed by atoms with Crippen LogP contribution >= 0.6 is 0 Å². The smallest absolute Gasteiger partial charge is 0.419 e. The summed E-state index contributed by atoms with van der Waals surface area (Å²) in [5.74, 6) is 0.440. The van der Waals surface area contributed by atoms with Crippen LogP contribution in [0, 0.1) is 0 Å². The average molecular weight is 390 g/mol. The molecular weight excluding hydrogens is 362 g/mol. The number of esters is 1. The fraction of sp³-hybridized carbons (Fsp3) is 0.400. The first kappa shape index (κ1) is 20.8. The Kier molecular flexibility index (Phi) is 6.15. The van der Waals surface area contributed by atoms with E-state index in [0.717, 1.165) is 0 Å². The van der Waals surface area contributed by atoms with E-state index in [1.807, 2.05) is 6.07 Å². The Bertz CT molecular complexity index is 762. The number of carbonyl (C=O) groups is 2. The molecule has 0 N–H and O–H groups in total. The number of amides is 1. The number of carbonyl (C=O) groups excluding carboxylic acids is 2. The second-order valence-electron chi connectivity index (χ2n) is 7.86. The maximum Gasteiger partial charge on any atom is 0.419 e. The first-order valence-corrected chi connectivity index (χ1v) is 11.7. The molecule has 2 rings (SSSR count). The number of hydrogen-bond donors (Lipinski definition) is 0. The summed E-state index contributed by atoms with van der Waals surface area (Å²) in [6.07, 6.45) is 2.47. The Morgan fingerprint density at radius 2 is 1.74 bits per heavy atom. The molecule has 0 spiro atoms. The Morgan fingerprint density at radius 1 is 1.11 bits per heavy atom. The standard InChI is InChI=1S/C20H27NO5Si/c1-20(2,3)27(5,6)26-17-12-15(18(22)24-4)13-21(14-17)19(23)25-16-10-8-7-9-11-16/h7-13H,14H2,1-6H3. The Morgan fingerprint density at radius 3 is 2.30 bits per heavy atom. The van der Waals surface area contributed by atoms with Crippen LogP contribution in [0.2, 0.25) is 18.1 Å². The molecule has 0 saturated carbocycles. The topological polar surface area (TPSA) is 65.1 Å². The second kappa shape index (κ2) is 8.00. The Hall–Kier alpha value is -2.54. The van der Waals surface area contributed by atoms with Gasteiger partial charge in [-0.2, -0.15) is 0 Å². The molecule has 146 valence electrons. The lowest BCUT2D eigenvalue weighted by Crippen LogP contribution is -2.43. The lowest BCUT2D eigenvalue weighted by Gasteiger charge is -2.38. The number of nitrogens with zero attached hydrogens (tertiary/aromatic N) is 1. The minimum Gasteiger partial charge on any atom is -0.545 e. The molecule has 1 aliphatic rings. The minimum absolute atomic E-state index is 0.0180. The zero-order valence-electron chi connectivity index (χ0n) is 16.7. The van der Waals surface area contributed by atoms with Gasteiger partial charge in [-0.1, -0.05) is 39.0 Å². The molecule has 1 aromatic rings. The van der Waals surface area contributed by atoms with E-state index in [0.29, 0.717) is 11.5 Å². The van der Waals surface area contributed by atoms with Crippen LogP contribution in [0.3, 0.4) is 0 Å². The second-order valence-corrected chi connectivity index (χ2v) is 12.6. The third kappa shape index (κ3) is 5.23. The molecule has 0 saturated heterocycles. The summed E-state index contributed by atoms with van der Waals surface area (Å²) >= 11 is 0. The van der Waals surface area contributed by atoms with Crippen LogP contribution in [-0.2, 0) is 14.0 Å². The highest BCUT2D eigenvalue weighted by Crippen LogP contribution is 2.38. The summed E-state index contributed by atoms with van der Waals surface area (Å²) in [6, 6.07) is 8.77. The number of methoxy groups -OCH3 is 1. The Labute approximate surface area is 161 Å². The molecule has 1 heterocycles. The minimum atomic E-state index is -2.13. The van der Waals surface area contributed by atoms with Crippen molar-refractivity contribution < 1.29 is 23.5 Å². The van der Waals surface area contributed by atoms with Crippen molar-refractivity contribution in [3.63, 3.8) is 0 Å². The molecule has 0 aromatic heterocycles. The molecule has 0 unspecified atom stereocenters. The van der Waals surface area contributed by atoms with Crippen molar-refractivity contribution in [2.75, 3.05) is 13.7 Å². The molecule has 27 heavy (non-hydrogen) atoms. The molecule has 0 fully saturated rings. The maximum atomic E-state index is 12.6. The molecule has 0 atom stereocenters. The van der Waals surface area contributed by atoms with Gasteiger partial charge in [0.15, 0.2) is 0 Å². The highest BCUT2D eigenvalue weighted by molar-refractivity contribution is 6.74. The maximum absolute atomic E-state index is 12.6. The normalized spacial score (nSPS) is 14.8. The first-order valence-electron chi connectivity index (χ1n) is 8.77. The SMILES string of the molecule is COC(=O)C1=CN(C(=O)Oc2ccccc2)CC(O[Si](C)(C)C(C)(C)C)=C1. The van der Waals surface area contributed by atoms with Crippen LogP contribution < -0.4 is 4.74 Å². The van der Waals surface area contributed by atoms with Crippen molar-refractivity contribution in [1.82, 2.24) is 4.90 Å². The molecule has 1 amide bonds. The summed E-state index contributed by atoms with van der Waals surface area (Å²) in [7, 11) is -0.834. The Balaban J connectivity index is 2.24. The van der Waals surface area contributed by atoms with Crippen LogP contribution in [-0.4, -0.2) is 38.9 Å². The van der Waals surface area contributed by atoms with E-state index >= 15 is 0 Å². The van der Waals surface area contributed by atoms with Gasteiger partial charge in [-0.3, -0.25) is 4.90 Å². The fourth-order valence-electron chi connectivity index (χ4n) is 2.18. The molecule has 6 nitrogen and oxygen atoms in total. The van der Waals surface area contributed by atoms with Crippen LogP contribution in [0.5, 0.6) is 5.75 Å². The third-order valence-electron chi connectivity index (χ3n) is 4.73. The third-order valence-corrected chi connectivity index (χ3v) is 9.12. The summed E-state index contributed by atoms with van der Waals surface area (Å²) in [5, 5.41) is -0.0180. The van der Waals surface area contributed by atoms with E-state index < -0.39 is 20.4 Å². The van der Waals surface area contributed by atoms with Crippen LogP contribution in [0.4, 0.5) is 4.79 Å². The summed E-state index contributed by atoms with van der Waals surface area (Å²) < 4.78 is 16.5. The van der Waals surface area contributed by atoms with Gasteiger partial charge in [0.2, 0.25) is 8.32 Å². The van der Waals surface area contributed by atoms with Gasteiger partial charge >= 0.3 is 12.1 Å². The zero-order chi connectivity index (χ0) is 20.2. The largest absolute Gasteiger partial charge is 0.545 e. The quantitative estimate of drug-likeness (QED) is 0.562. The molecular formula is C20H27NO5Si. The first-order chi connectivity index (χ1) is 12.5. The van der Waals surface area contributed by atoms with Gasteiger partial charge in [-0.05, 0) is 36.3 Å². The average Bonchev–Trinajstić information content (AvgIpc) is 2.60. The summed E-state index contributed by atoms with van der Waals surface area (Å²) in [5.41, 5.74) is 0.238. The van der Waals surface area contributed by atoms with E-state index in [4.69, 9.17) is 13.9 Å². The van der Waals surface area contributed by atoms with Crippen molar-refractivity contribution in [1.29, 1.82) is 0 Å². The number of hydrogen-bond acceptors (Lipinski definition) is 5. The number of ether oxygens (including phenoxy) is 2. The molecule has 0 radical (unpaired) electrons.